The second-order valence-corrected chi connectivity index (χ2v) is 5.28. The van der Waals surface area contributed by atoms with Crippen LogP contribution in [0.1, 0.15) is 27.2 Å². The number of carbonyl (C=O) groups is 1. The van der Waals surface area contributed by atoms with Crippen molar-refractivity contribution in [3.63, 3.8) is 0 Å². The summed E-state index contributed by atoms with van der Waals surface area (Å²) in [5.41, 5.74) is -0.452. The fourth-order valence-electron chi connectivity index (χ4n) is 1.99. The predicted octanol–water partition coefficient (Wildman–Crippen LogP) is 0.433. The Morgan fingerprint density at radius 1 is 1.38 bits per heavy atom. The SMILES string of the molecule is CC(C)(C)OC(=O)[C@@H]1CC2(CN1)OCCO2. The molecular formula is C11H19NO4. The molecule has 16 heavy (non-hydrogen) atoms. The first-order valence-electron chi connectivity index (χ1n) is 5.64. The van der Waals surface area contributed by atoms with Gasteiger partial charge in [0, 0.05) is 6.42 Å². The third kappa shape index (κ3) is 2.53. The van der Waals surface area contributed by atoms with Crippen LogP contribution in [0.3, 0.4) is 0 Å². The lowest BCUT2D eigenvalue weighted by molar-refractivity contribution is -0.162. The summed E-state index contributed by atoms with van der Waals surface area (Å²) in [5, 5.41) is 3.09. The second kappa shape index (κ2) is 3.98. The summed E-state index contributed by atoms with van der Waals surface area (Å²) in [6.07, 6.45) is 0.530. The molecule has 2 fully saturated rings. The van der Waals surface area contributed by atoms with Crippen LogP contribution in [0.2, 0.25) is 0 Å². The van der Waals surface area contributed by atoms with E-state index in [9.17, 15) is 4.79 Å². The van der Waals surface area contributed by atoms with Crippen LogP contribution >= 0.6 is 0 Å². The van der Waals surface area contributed by atoms with E-state index in [1.54, 1.807) is 0 Å². The molecule has 92 valence electrons. The third-order valence-electron chi connectivity index (χ3n) is 2.64. The molecule has 0 aromatic heterocycles. The molecule has 0 saturated carbocycles. The first-order valence-corrected chi connectivity index (χ1v) is 5.64. The first-order chi connectivity index (χ1) is 7.40. The van der Waals surface area contributed by atoms with Gasteiger partial charge in [-0.2, -0.15) is 0 Å². The number of ether oxygens (including phenoxy) is 3. The molecular weight excluding hydrogens is 210 g/mol. The zero-order valence-electron chi connectivity index (χ0n) is 10.0. The van der Waals surface area contributed by atoms with Gasteiger partial charge < -0.3 is 14.2 Å². The number of nitrogens with one attached hydrogen (secondary N) is 1. The van der Waals surface area contributed by atoms with Crippen molar-refractivity contribution in [3.8, 4) is 0 Å². The molecule has 1 atom stereocenters. The number of hydrogen-bond acceptors (Lipinski definition) is 5. The molecule has 0 unspecified atom stereocenters. The van der Waals surface area contributed by atoms with Gasteiger partial charge in [0.25, 0.3) is 0 Å². The lowest BCUT2D eigenvalue weighted by Crippen LogP contribution is -2.37. The van der Waals surface area contributed by atoms with Crippen LogP contribution in [0.25, 0.3) is 0 Å². The van der Waals surface area contributed by atoms with Gasteiger partial charge in [0.05, 0.1) is 19.8 Å². The van der Waals surface area contributed by atoms with Crippen molar-refractivity contribution in [2.75, 3.05) is 19.8 Å². The molecule has 0 aliphatic carbocycles. The highest BCUT2D eigenvalue weighted by Gasteiger charge is 2.47. The maximum absolute atomic E-state index is 11.8. The van der Waals surface area contributed by atoms with Crippen molar-refractivity contribution in [2.24, 2.45) is 0 Å². The largest absolute Gasteiger partial charge is 0.459 e. The minimum absolute atomic E-state index is 0.233. The normalized spacial score (nSPS) is 28.6. The first kappa shape index (κ1) is 11.8. The van der Waals surface area contributed by atoms with Crippen LogP contribution in [-0.2, 0) is 19.0 Å². The Labute approximate surface area is 95.4 Å². The molecule has 5 heteroatoms. The summed E-state index contributed by atoms with van der Waals surface area (Å²) < 4.78 is 16.4. The van der Waals surface area contributed by atoms with Gasteiger partial charge >= 0.3 is 5.97 Å². The molecule has 0 amide bonds. The van der Waals surface area contributed by atoms with E-state index in [0.717, 1.165) is 0 Å². The quantitative estimate of drug-likeness (QED) is 0.661. The molecule has 0 aromatic carbocycles. The van der Waals surface area contributed by atoms with E-state index >= 15 is 0 Å². The fourth-order valence-corrected chi connectivity index (χ4v) is 1.99. The van der Waals surface area contributed by atoms with Crippen molar-refractivity contribution in [1.29, 1.82) is 0 Å². The average molecular weight is 229 g/mol. The Balaban J connectivity index is 1.91. The topological polar surface area (TPSA) is 56.8 Å². The second-order valence-electron chi connectivity index (χ2n) is 5.28. The number of rotatable bonds is 1. The minimum Gasteiger partial charge on any atom is -0.459 e. The number of hydrogen-bond donors (Lipinski definition) is 1. The van der Waals surface area contributed by atoms with Crippen LogP contribution in [0.5, 0.6) is 0 Å². The number of esters is 1. The van der Waals surface area contributed by atoms with Crippen LogP contribution < -0.4 is 5.32 Å². The van der Waals surface area contributed by atoms with E-state index < -0.39 is 11.4 Å². The Morgan fingerprint density at radius 3 is 2.56 bits per heavy atom. The van der Waals surface area contributed by atoms with Crippen molar-refractivity contribution >= 4 is 5.97 Å². The molecule has 2 saturated heterocycles. The van der Waals surface area contributed by atoms with Crippen LogP contribution in [0.15, 0.2) is 0 Å². The summed E-state index contributed by atoms with van der Waals surface area (Å²) in [5.74, 6) is -0.829. The van der Waals surface area contributed by atoms with Crippen molar-refractivity contribution < 1.29 is 19.0 Å². The fraction of sp³-hybridized carbons (Fsp3) is 0.909. The molecule has 2 aliphatic rings. The summed E-state index contributed by atoms with van der Waals surface area (Å²) in [7, 11) is 0. The Hall–Kier alpha value is -0.650. The molecule has 0 bridgehead atoms. The smallest absolute Gasteiger partial charge is 0.323 e. The highest BCUT2D eigenvalue weighted by Crippen LogP contribution is 2.29. The van der Waals surface area contributed by atoms with Crippen molar-refractivity contribution in [2.45, 2.75) is 44.6 Å². The van der Waals surface area contributed by atoms with Gasteiger partial charge in [-0.15, -0.1) is 0 Å². The third-order valence-corrected chi connectivity index (χ3v) is 2.64. The van der Waals surface area contributed by atoms with Gasteiger partial charge in [-0.3, -0.25) is 10.1 Å². The summed E-state index contributed by atoms with van der Waals surface area (Å²) >= 11 is 0. The van der Waals surface area contributed by atoms with Crippen molar-refractivity contribution in [1.82, 2.24) is 5.32 Å². The van der Waals surface area contributed by atoms with Crippen LogP contribution in [-0.4, -0.2) is 43.2 Å². The molecule has 0 aromatic rings. The van der Waals surface area contributed by atoms with Crippen molar-refractivity contribution in [3.05, 3.63) is 0 Å². The Morgan fingerprint density at radius 2 is 2.00 bits per heavy atom. The van der Waals surface area contributed by atoms with Crippen LogP contribution in [0, 0.1) is 0 Å². The molecule has 2 rings (SSSR count). The maximum atomic E-state index is 11.8. The van der Waals surface area contributed by atoms with E-state index in [1.165, 1.54) is 0 Å². The molecule has 1 spiro atoms. The molecule has 2 aliphatic heterocycles. The van der Waals surface area contributed by atoms with E-state index in [1.807, 2.05) is 20.8 Å². The van der Waals surface area contributed by atoms with Gasteiger partial charge in [-0.25, -0.2) is 0 Å². The van der Waals surface area contributed by atoms with E-state index in [0.29, 0.717) is 26.2 Å². The monoisotopic (exact) mass is 229 g/mol. The summed E-state index contributed by atoms with van der Waals surface area (Å²) in [4.78, 5) is 11.8. The van der Waals surface area contributed by atoms with Gasteiger partial charge in [-0.05, 0) is 20.8 Å². The maximum Gasteiger partial charge on any atom is 0.323 e. The lowest BCUT2D eigenvalue weighted by atomic mass is 10.1. The van der Waals surface area contributed by atoms with E-state index in [-0.39, 0.29) is 12.0 Å². The van der Waals surface area contributed by atoms with E-state index in [2.05, 4.69) is 5.32 Å². The summed E-state index contributed by atoms with van der Waals surface area (Å²) in [6.45, 7) is 7.33. The Kier molecular flexibility index (Phi) is 2.94. The van der Waals surface area contributed by atoms with Crippen LogP contribution in [0.4, 0.5) is 0 Å². The summed E-state index contributed by atoms with van der Waals surface area (Å²) in [6, 6.07) is -0.322. The minimum atomic E-state index is -0.596. The van der Waals surface area contributed by atoms with Gasteiger partial charge in [0.2, 0.25) is 0 Å². The number of carbonyl (C=O) groups excluding carboxylic acids is 1. The van der Waals surface area contributed by atoms with Gasteiger partial charge in [0.15, 0.2) is 5.79 Å². The molecule has 2 heterocycles. The standard InChI is InChI=1S/C11H19NO4/c1-10(2,3)16-9(13)8-6-11(7-12-8)14-4-5-15-11/h8,12H,4-7H2,1-3H3/t8-/m0/s1. The highest BCUT2D eigenvalue weighted by atomic mass is 16.7. The highest BCUT2D eigenvalue weighted by molar-refractivity contribution is 5.76. The molecule has 1 N–H and O–H groups in total. The zero-order valence-corrected chi connectivity index (χ0v) is 10.0. The molecule has 0 radical (unpaired) electrons. The zero-order chi connectivity index (χ0) is 11.8. The lowest BCUT2D eigenvalue weighted by Gasteiger charge is -2.23. The van der Waals surface area contributed by atoms with Gasteiger partial charge in [0.1, 0.15) is 11.6 Å². The predicted molar refractivity (Wildman–Crippen MR) is 56.9 cm³/mol. The van der Waals surface area contributed by atoms with E-state index in [4.69, 9.17) is 14.2 Å². The average Bonchev–Trinajstić information content (AvgIpc) is 2.74. The van der Waals surface area contributed by atoms with Gasteiger partial charge in [-0.1, -0.05) is 0 Å². The molecule has 5 nitrogen and oxygen atoms in total. The Bertz CT molecular complexity index is 278.